The van der Waals surface area contributed by atoms with Crippen molar-refractivity contribution in [2.24, 2.45) is 23.7 Å². The lowest BCUT2D eigenvalue weighted by atomic mass is 9.99. The van der Waals surface area contributed by atoms with Crippen LogP contribution in [-0.2, 0) is 9.59 Å². The molecule has 5 N–H and O–H groups in total. The lowest BCUT2D eigenvalue weighted by molar-refractivity contribution is -0.118. The van der Waals surface area contributed by atoms with Crippen molar-refractivity contribution in [3.63, 3.8) is 0 Å². The van der Waals surface area contributed by atoms with E-state index in [1.54, 1.807) is 43.2 Å². The lowest BCUT2D eigenvalue weighted by Crippen LogP contribution is -2.15. The summed E-state index contributed by atoms with van der Waals surface area (Å²) in [6.07, 6.45) is 12.3. The van der Waals surface area contributed by atoms with Gasteiger partial charge in [-0.25, -0.2) is 19.9 Å². The van der Waals surface area contributed by atoms with Gasteiger partial charge in [-0.15, -0.1) is 0 Å². The molecular formula is C41H36N12O2. The number of nitrogen functional groups attached to an aromatic ring is 1. The van der Waals surface area contributed by atoms with Gasteiger partial charge in [-0.1, -0.05) is 0 Å². The summed E-state index contributed by atoms with van der Waals surface area (Å²) in [4.78, 5) is 53.7. The number of fused-ring (bicyclic) bond motifs is 2. The second-order valence-electron chi connectivity index (χ2n) is 14.3. The molecule has 2 amide bonds. The Bertz CT molecular complexity index is 2650. The molecule has 0 radical (unpaired) electrons. The molecule has 55 heavy (non-hydrogen) atoms. The van der Waals surface area contributed by atoms with Gasteiger partial charge >= 0.3 is 0 Å². The Balaban J connectivity index is 1.18. The zero-order chi connectivity index (χ0) is 38.4. The smallest absolute Gasteiger partial charge is 0.228 e. The number of carbonyl (C=O) groups is 2. The second kappa shape index (κ2) is 14.1. The monoisotopic (exact) mass is 728 g/mol. The van der Waals surface area contributed by atoms with Crippen LogP contribution in [0.4, 0.5) is 29.0 Å². The highest BCUT2D eigenvalue weighted by atomic mass is 16.2. The SMILES string of the molecule is Cc1ccncc1-c1nc(Nc2ccncc2-c2nc(N)c3cnc(NC(=O)[C@@H]4C[C@H]4CC#N)cc3c2C)c2cnc(NC(=O)[C@H]3C[C@@H]3CC#N)cc2c1C. The van der Waals surface area contributed by atoms with E-state index >= 15 is 0 Å². The molecular weight excluding hydrogens is 693 g/mol. The number of pyridine rings is 6. The van der Waals surface area contributed by atoms with E-state index in [0.717, 1.165) is 38.4 Å². The van der Waals surface area contributed by atoms with Crippen LogP contribution in [0.2, 0.25) is 0 Å². The molecule has 0 aromatic carbocycles. The molecule has 6 heterocycles. The van der Waals surface area contributed by atoms with Crippen LogP contribution in [0.3, 0.4) is 0 Å². The number of hydrogen-bond acceptors (Lipinski definition) is 12. The van der Waals surface area contributed by atoms with Crippen molar-refractivity contribution in [2.45, 2.75) is 46.5 Å². The summed E-state index contributed by atoms with van der Waals surface area (Å²) in [5, 5.41) is 30.5. The highest BCUT2D eigenvalue weighted by molar-refractivity contribution is 6.04. The molecule has 14 nitrogen and oxygen atoms in total. The number of hydrogen-bond donors (Lipinski definition) is 4. The van der Waals surface area contributed by atoms with E-state index in [1.807, 2.05) is 39.0 Å². The summed E-state index contributed by atoms with van der Waals surface area (Å²) in [5.74, 6) is 1.06. The van der Waals surface area contributed by atoms with Crippen LogP contribution in [0.25, 0.3) is 44.1 Å². The number of amides is 2. The van der Waals surface area contributed by atoms with Crippen LogP contribution >= 0.6 is 0 Å². The van der Waals surface area contributed by atoms with Gasteiger partial charge in [0.2, 0.25) is 11.8 Å². The van der Waals surface area contributed by atoms with Crippen molar-refractivity contribution in [3.8, 4) is 34.7 Å². The molecule has 0 unspecified atom stereocenters. The number of rotatable bonds is 10. The number of aromatic nitrogens is 6. The number of carbonyl (C=O) groups excluding carboxylic acids is 2. The Morgan fingerprint density at radius 2 is 1.29 bits per heavy atom. The molecule has 8 rings (SSSR count). The Labute approximate surface area is 316 Å². The van der Waals surface area contributed by atoms with Crippen molar-refractivity contribution in [2.75, 3.05) is 21.7 Å². The zero-order valence-corrected chi connectivity index (χ0v) is 30.4. The van der Waals surface area contributed by atoms with Crippen molar-refractivity contribution in [1.29, 1.82) is 10.5 Å². The number of nitriles is 2. The lowest BCUT2D eigenvalue weighted by Gasteiger charge is -2.19. The number of nitrogens with one attached hydrogen (secondary N) is 3. The van der Waals surface area contributed by atoms with E-state index in [1.165, 1.54) is 0 Å². The Morgan fingerprint density at radius 3 is 1.89 bits per heavy atom. The summed E-state index contributed by atoms with van der Waals surface area (Å²) < 4.78 is 0. The summed E-state index contributed by atoms with van der Waals surface area (Å²) in [6, 6.07) is 11.7. The van der Waals surface area contributed by atoms with E-state index in [-0.39, 0.29) is 41.3 Å². The first-order chi connectivity index (χ1) is 26.6. The minimum Gasteiger partial charge on any atom is -0.383 e. The van der Waals surface area contributed by atoms with Gasteiger partial charge in [0.05, 0.1) is 29.2 Å². The minimum atomic E-state index is -0.194. The predicted molar refractivity (Wildman–Crippen MR) is 208 cm³/mol. The zero-order valence-electron chi connectivity index (χ0n) is 30.4. The quantitative estimate of drug-likeness (QED) is 0.113. The van der Waals surface area contributed by atoms with Crippen molar-refractivity contribution in [1.82, 2.24) is 29.9 Å². The van der Waals surface area contributed by atoms with Crippen molar-refractivity contribution in [3.05, 3.63) is 78.1 Å². The number of nitrogens with zero attached hydrogens (tertiary/aromatic N) is 8. The van der Waals surface area contributed by atoms with Crippen LogP contribution < -0.4 is 21.7 Å². The van der Waals surface area contributed by atoms with Gasteiger partial charge < -0.3 is 21.7 Å². The van der Waals surface area contributed by atoms with Crippen molar-refractivity contribution < 1.29 is 9.59 Å². The van der Waals surface area contributed by atoms with Crippen LogP contribution in [0.1, 0.15) is 42.4 Å². The Kier molecular flexibility index (Phi) is 8.95. The fraction of sp³-hybridized carbons (Fsp3) is 0.268. The van der Waals surface area contributed by atoms with Gasteiger partial charge in [-0.3, -0.25) is 19.6 Å². The fourth-order valence-corrected chi connectivity index (χ4v) is 7.25. The third-order valence-corrected chi connectivity index (χ3v) is 10.7. The first-order valence-corrected chi connectivity index (χ1v) is 18.0. The van der Waals surface area contributed by atoms with E-state index in [2.05, 4.69) is 48.0 Å². The molecule has 2 saturated carbocycles. The first-order valence-electron chi connectivity index (χ1n) is 18.0. The standard InChI is InChI=1S/C41H36N12O2/c1-20-6-10-45-16-29(20)36-22(3)26-15-35(51-41(55)28-13-24(28)5-9-43)48-19-31(26)39(53-36)49-33-7-11-46-17-32(33)37-21(2)25-14-34(47-18-30(25)38(44)52-37)50-40(54)27-12-23(27)4-8-42/h6-7,10-11,14-19,23-24,27-28H,4-5,12-13H2,1-3H3,(H2,44,52)(H,46,49,53)(H,47,50,54)(H,48,51,55)/t23-,24+,27-,28+/m1/s1. The third-order valence-electron chi connectivity index (χ3n) is 10.7. The van der Waals surface area contributed by atoms with E-state index in [0.29, 0.717) is 71.2 Å². The molecule has 0 saturated heterocycles. The molecule has 0 bridgehead atoms. The van der Waals surface area contributed by atoms with Gasteiger partial charge in [0.1, 0.15) is 23.3 Å². The van der Waals surface area contributed by atoms with E-state index in [4.69, 9.17) is 26.2 Å². The normalized spacial score (nSPS) is 18.3. The molecule has 2 fully saturated rings. The van der Waals surface area contributed by atoms with Crippen LogP contribution in [0.15, 0.2) is 61.4 Å². The maximum absolute atomic E-state index is 13.0. The number of anilines is 5. The predicted octanol–water partition coefficient (Wildman–Crippen LogP) is 6.92. The largest absolute Gasteiger partial charge is 0.383 e. The molecule has 2 aliphatic rings. The second-order valence-corrected chi connectivity index (χ2v) is 14.3. The summed E-state index contributed by atoms with van der Waals surface area (Å²) in [6.45, 7) is 5.92. The highest BCUT2D eigenvalue weighted by Gasteiger charge is 2.43. The minimum absolute atomic E-state index is 0.0776. The average Bonchev–Trinajstić information content (AvgIpc) is 4.12. The van der Waals surface area contributed by atoms with Gasteiger partial charge in [-0.2, -0.15) is 10.5 Å². The number of aryl methyl sites for hydroxylation is 3. The summed E-state index contributed by atoms with van der Waals surface area (Å²) >= 11 is 0. The molecule has 0 spiro atoms. The molecule has 272 valence electrons. The molecule has 2 aliphatic carbocycles. The van der Waals surface area contributed by atoms with E-state index < -0.39 is 0 Å². The fourth-order valence-electron chi connectivity index (χ4n) is 7.25. The van der Waals surface area contributed by atoms with Gasteiger partial charge in [-0.05, 0) is 97.2 Å². The van der Waals surface area contributed by atoms with Crippen LogP contribution in [0, 0.1) is 67.1 Å². The number of nitrogens with two attached hydrogens (primary N) is 1. The maximum Gasteiger partial charge on any atom is 0.228 e. The maximum atomic E-state index is 13.0. The molecule has 0 aliphatic heterocycles. The summed E-state index contributed by atoms with van der Waals surface area (Å²) in [5.41, 5.74) is 12.7. The van der Waals surface area contributed by atoms with Gasteiger partial charge in [0, 0.05) is 83.8 Å². The third kappa shape index (κ3) is 6.70. The van der Waals surface area contributed by atoms with E-state index in [9.17, 15) is 9.59 Å². The molecule has 6 aromatic heterocycles. The van der Waals surface area contributed by atoms with Crippen LogP contribution in [0.5, 0.6) is 0 Å². The van der Waals surface area contributed by atoms with Gasteiger partial charge in [0.25, 0.3) is 0 Å². The molecule has 6 aromatic rings. The highest BCUT2D eigenvalue weighted by Crippen LogP contribution is 2.43. The van der Waals surface area contributed by atoms with Crippen LogP contribution in [-0.4, -0.2) is 41.7 Å². The Hall–Kier alpha value is -7.06. The van der Waals surface area contributed by atoms with Gasteiger partial charge in [0.15, 0.2) is 0 Å². The molecule has 4 atom stereocenters. The Morgan fingerprint density at radius 1 is 0.745 bits per heavy atom. The topological polar surface area (TPSA) is 221 Å². The average molecular weight is 729 g/mol. The van der Waals surface area contributed by atoms with Crippen molar-refractivity contribution >= 4 is 62.3 Å². The first kappa shape index (κ1) is 35.0. The molecule has 14 heteroatoms. The summed E-state index contributed by atoms with van der Waals surface area (Å²) in [7, 11) is 0.